The van der Waals surface area contributed by atoms with E-state index in [4.69, 9.17) is 0 Å². The Bertz CT molecular complexity index is 1180. The van der Waals surface area contributed by atoms with E-state index < -0.39 is 0 Å². The van der Waals surface area contributed by atoms with Crippen LogP contribution < -0.4 is 0 Å². The van der Waals surface area contributed by atoms with Crippen molar-refractivity contribution in [3.8, 4) is 5.75 Å². The molecule has 0 aromatic heterocycles. The van der Waals surface area contributed by atoms with Crippen LogP contribution >= 0.6 is 0 Å². The third-order valence-electron chi connectivity index (χ3n) is 7.14. The molecule has 5 nitrogen and oxygen atoms in total. The Hall–Kier alpha value is -3.41. The summed E-state index contributed by atoms with van der Waals surface area (Å²) in [5.41, 5.74) is 3.73. The first-order chi connectivity index (χ1) is 17.4. The van der Waals surface area contributed by atoms with Gasteiger partial charge in [-0.2, -0.15) is 0 Å². The van der Waals surface area contributed by atoms with Gasteiger partial charge < -0.3 is 10.0 Å². The molecule has 0 aliphatic carbocycles. The summed E-state index contributed by atoms with van der Waals surface area (Å²) in [6, 6.07) is 25.8. The maximum Gasteiger partial charge on any atom is 0.254 e. The van der Waals surface area contributed by atoms with Crippen molar-refractivity contribution in [2.45, 2.75) is 38.5 Å². The Morgan fingerprint density at radius 1 is 1.03 bits per heavy atom. The third-order valence-corrected chi connectivity index (χ3v) is 7.14. The van der Waals surface area contributed by atoms with E-state index in [1.54, 1.807) is 11.0 Å². The number of aromatic hydroxyl groups is 1. The maximum absolute atomic E-state index is 13.8. The molecule has 0 spiro atoms. The quantitative estimate of drug-likeness (QED) is 0.440. The summed E-state index contributed by atoms with van der Waals surface area (Å²) in [6.45, 7) is 11.6. The zero-order valence-corrected chi connectivity index (χ0v) is 21.5. The third kappa shape index (κ3) is 5.69. The molecule has 4 rings (SSSR count). The molecule has 3 atom stereocenters. The lowest BCUT2D eigenvalue weighted by Crippen LogP contribution is -2.57. The first kappa shape index (κ1) is 25.7. The molecule has 0 bridgehead atoms. The summed E-state index contributed by atoms with van der Waals surface area (Å²) in [5, 5.41) is 10.4. The second-order valence-corrected chi connectivity index (χ2v) is 9.87. The van der Waals surface area contributed by atoms with Crippen LogP contribution in [0.5, 0.6) is 5.75 Å². The molecule has 5 heteroatoms. The number of rotatable bonds is 8. The van der Waals surface area contributed by atoms with Crippen molar-refractivity contribution in [2.24, 2.45) is 0 Å². The van der Waals surface area contributed by atoms with Gasteiger partial charge in [0.05, 0.1) is 6.04 Å². The van der Waals surface area contributed by atoms with Gasteiger partial charge >= 0.3 is 0 Å². The number of piperazine rings is 1. The van der Waals surface area contributed by atoms with Crippen LogP contribution in [0.25, 0.3) is 0 Å². The summed E-state index contributed by atoms with van der Waals surface area (Å²) >= 11 is 0. The van der Waals surface area contributed by atoms with Gasteiger partial charge in [0.2, 0.25) is 0 Å². The van der Waals surface area contributed by atoms with Crippen molar-refractivity contribution in [1.82, 2.24) is 14.7 Å². The zero-order valence-electron chi connectivity index (χ0n) is 21.5. The first-order valence-electron chi connectivity index (χ1n) is 12.7. The lowest BCUT2D eigenvalue weighted by atomic mass is 9.90. The van der Waals surface area contributed by atoms with Gasteiger partial charge in [0.1, 0.15) is 5.75 Å². The lowest BCUT2D eigenvalue weighted by molar-refractivity contribution is 0.0302. The van der Waals surface area contributed by atoms with Crippen LogP contribution in [0.3, 0.4) is 0 Å². The minimum Gasteiger partial charge on any atom is -0.508 e. The van der Waals surface area contributed by atoms with Gasteiger partial charge in [-0.25, -0.2) is 0 Å². The minimum absolute atomic E-state index is 0.00870. The van der Waals surface area contributed by atoms with Gasteiger partial charge in [0.25, 0.3) is 5.91 Å². The minimum atomic E-state index is -0.161. The summed E-state index contributed by atoms with van der Waals surface area (Å²) in [4.78, 5) is 20.5. The van der Waals surface area contributed by atoms with Crippen molar-refractivity contribution < 1.29 is 9.90 Å². The van der Waals surface area contributed by atoms with Crippen LogP contribution in [0.15, 0.2) is 91.5 Å². The Labute approximate surface area is 215 Å². The summed E-state index contributed by atoms with van der Waals surface area (Å²) in [6.07, 6.45) is 1.96. The molecule has 1 heterocycles. The fourth-order valence-electron chi connectivity index (χ4n) is 5.31. The molecule has 1 aliphatic heterocycles. The number of benzene rings is 3. The number of phenolic OH excluding ortho intramolecular Hbond substituents is 1. The Morgan fingerprint density at radius 2 is 1.75 bits per heavy atom. The van der Waals surface area contributed by atoms with E-state index >= 15 is 0 Å². The molecule has 1 amide bonds. The molecule has 36 heavy (non-hydrogen) atoms. The van der Waals surface area contributed by atoms with Gasteiger partial charge in [-0.1, -0.05) is 66.7 Å². The molecule has 1 unspecified atom stereocenters. The fourth-order valence-corrected chi connectivity index (χ4v) is 5.31. The van der Waals surface area contributed by atoms with Crippen molar-refractivity contribution in [2.75, 3.05) is 26.7 Å². The van der Waals surface area contributed by atoms with Crippen molar-refractivity contribution in [3.63, 3.8) is 0 Å². The van der Waals surface area contributed by atoms with Crippen LogP contribution in [-0.2, 0) is 6.54 Å². The molecule has 1 aliphatic rings. The molecular weight excluding hydrogens is 446 g/mol. The van der Waals surface area contributed by atoms with Crippen LogP contribution in [0.4, 0.5) is 0 Å². The Kier molecular flexibility index (Phi) is 8.24. The van der Waals surface area contributed by atoms with Crippen molar-refractivity contribution in [3.05, 3.63) is 114 Å². The first-order valence-corrected chi connectivity index (χ1v) is 12.7. The van der Waals surface area contributed by atoms with E-state index in [1.807, 2.05) is 79.9 Å². The van der Waals surface area contributed by atoms with Gasteiger partial charge in [-0.3, -0.25) is 14.6 Å². The number of carbonyl (C=O) groups is 1. The number of phenols is 1. The number of hydrogen-bond acceptors (Lipinski definition) is 4. The van der Waals surface area contributed by atoms with Gasteiger partial charge in [0.15, 0.2) is 0 Å². The van der Waals surface area contributed by atoms with Crippen molar-refractivity contribution in [1.29, 1.82) is 0 Å². The van der Waals surface area contributed by atoms with Gasteiger partial charge in [-0.15, -0.1) is 6.58 Å². The fraction of sp³-hybridized carbons (Fsp3) is 0.323. The van der Waals surface area contributed by atoms with Gasteiger partial charge in [-0.05, 0) is 48.7 Å². The highest BCUT2D eigenvalue weighted by atomic mass is 16.3. The molecule has 1 saturated heterocycles. The van der Waals surface area contributed by atoms with E-state index in [1.165, 1.54) is 0 Å². The topological polar surface area (TPSA) is 47.0 Å². The normalized spacial score (nSPS) is 19.5. The lowest BCUT2D eigenvalue weighted by Gasteiger charge is -2.47. The number of nitrogens with zero attached hydrogens (tertiary/aromatic N) is 3. The summed E-state index contributed by atoms with van der Waals surface area (Å²) < 4.78 is 0. The van der Waals surface area contributed by atoms with Crippen LogP contribution in [0.2, 0.25) is 0 Å². The van der Waals surface area contributed by atoms with E-state index in [9.17, 15) is 9.90 Å². The molecule has 0 radical (unpaired) electrons. The van der Waals surface area contributed by atoms with Crippen LogP contribution in [0, 0.1) is 0 Å². The molecule has 3 aromatic carbocycles. The van der Waals surface area contributed by atoms with E-state index in [-0.39, 0.29) is 23.7 Å². The summed E-state index contributed by atoms with van der Waals surface area (Å²) in [5.74, 6) is 0.221. The Balaban J connectivity index is 1.73. The second kappa shape index (κ2) is 11.5. The summed E-state index contributed by atoms with van der Waals surface area (Å²) in [7, 11) is 1.86. The smallest absolute Gasteiger partial charge is 0.254 e. The second-order valence-electron chi connectivity index (χ2n) is 9.87. The number of carbonyl (C=O) groups excluding carboxylic acids is 1. The van der Waals surface area contributed by atoms with Crippen LogP contribution in [0.1, 0.15) is 46.9 Å². The predicted molar refractivity (Wildman–Crippen MR) is 146 cm³/mol. The molecule has 0 saturated carbocycles. The zero-order chi connectivity index (χ0) is 25.7. The van der Waals surface area contributed by atoms with E-state index in [0.717, 1.165) is 36.3 Å². The largest absolute Gasteiger partial charge is 0.508 e. The van der Waals surface area contributed by atoms with E-state index in [0.29, 0.717) is 18.2 Å². The molecule has 3 aromatic rings. The average molecular weight is 484 g/mol. The van der Waals surface area contributed by atoms with Crippen LogP contribution in [-0.4, -0.2) is 64.5 Å². The highest BCUT2D eigenvalue weighted by Gasteiger charge is 2.36. The molecule has 1 fully saturated rings. The van der Waals surface area contributed by atoms with Crippen molar-refractivity contribution >= 4 is 5.91 Å². The molecule has 1 N–H and O–H groups in total. The number of hydrogen-bond donors (Lipinski definition) is 1. The monoisotopic (exact) mass is 483 g/mol. The number of amides is 1. The highest BCUT2D eigenvalue weighted by Crippen LogP contribution is 2.36. The Morgan fingerprint density at radius 3 is 2.47 bits per heavy atom. The molecular formula is C31H37N3O2. The van der Waals surface area contributed by atoms with Gasteiger partial charge in [0, 0.05) is 50.9 Å². The van der Waals surface area contributed by atoms with E-state index in [2.05, 4.69) is 36.3 Å². The highest BCUT2D eigenvalue weighted by molar-refractivity contribution is 5.95. The SMILES string of the molecule is C=CCN1C[C@H](C)N([C@H](c2cccc(O)c2)c2ccccc2C(=O)N(C)Cc2ccccc2)CC1C. The maximum atomic E-state index is 13.8. The average Bonchev–Trinajstić information content (AvgIpc) is 2.87. The standard InChI is InChI=1S/C31H37N3O2/c1-5-18-33-20-24(3)34(21-23(33)2)30(26-14-11-15-27(35)19-26)28-16-9-10-17-29(28)31(36)32(4)22-25-12-7-6-8-13-25/h5-17,19,23-24,30,35H,1,18,20-22H2,2-4H3/t23?,24-,30+/m0/s1. The molecule has 188 valence electrons. The predicted octanol–water partition coefficient (Wildman–Crippen LogP) is 5.33.